The number of benzene rings is 1. The molecular formula is C18H21N5O2. The van der Waals surface area contributed by atoms with Crippen LogP contribution in [0.3, 0.4) is 0 Å². The van der Waals surface area contributed by atoms with Crippen LogP contribution >= 0.6 is 0 Å². The third-order valence-corrected chi connectivity index (χ3v) is 4.33. The predicted octanol–water partition coefficient (Wildman–Crippen LogP) is 1.94. The highest BCUT2D eigenvalue weighted by Crippen LogP contribution is 2.15. The van der Waals surface area contributed by atoms with E-state index in [0.29, 0.717) is 17.0 Å². The molecule has 7 nitrogen and oxygen atoms in total. The van der Waals surface area contributed by atoms with Crippen molar-refractivity contribution in [1.29, 1.82) is 0 Å². The second-order valence-electron chi connectivity index (χ2n) is 5.82. The molecule has 1 N–H and O–H groups in total. The molecule has 0 spiro atoms. The van der Waals surface area contributed by atoms with Gasteiger partial charge in [0.2, 0.25) is 5.95 Å². The number of aromatic amines is 1. The molecule has 0 bridgehead atoms. The first-order valence-corrected chi connectivity index (χ1v) is 8.38. The molecule has 0 saturated carbocycles. The van der Waals surface area contributed by atoms with Crippen molar-refractivity contribution >= 4 is 16.7 Å². The highest BCUT2D eigenvalue weighted by Gasteiger charge is 2.17. The number of fused-ring (bicyclic) bond motifs is 1. The molecule has 0 aliphatic heterocycles. The lowest BCUT2D eigenvalue weighted by molar-refractivity contribution is 0.523. The van der Waals surface area contributed by atoms with Gasteiger partial charge >= 0.3 is 0 Å². The lowest BCUT2D eigenvalue weighted by Gasteiger charge is -2.21. The van der Waals surface area contributed by atoms with Gasteiger partial charge in [-0.25, -0.2) is 9.67 Å². The molecule has 0 unspecified atom stereocenters. The van der Waals surface area contributed by atoms with Gasteiger partial charge in [-0.15, -0.1) is 0 Å². The van der Waals surface area contributed by atoms with Crippen molar-refractivity contribution in [3.05, 3.63) is 62.9 Å². The van der Waals surface area contributed by atoms with Crippen LogP contribution in [0.4, 0.5) is 5.95 Å². The molecule has 0 radical (unpaired) electrons. The van der Waals surface area contributed by atoms with Crippen molar-refractivity contribution in [2.45, 2.75) is 26.8 Å². The number of H-pyrrole nitrogens is 1. The van der Waals surface area contributed by atoms with E-state index in [2.05, 4.69) is 15.1 Å². The van der Waals surface area contributed by atoms with E-state index in [4.69, 9.17) is 0 Å². The predicted molar refractivity (Wildman–Crippen MR) is 98.2 cm³/mol. The summed E-state index contributed by atoms with van der Waals surface area (Å²) in [6.45, 7) is 7.26. The molecule has 25 heavy (non-hydrogen) atoms. The zero-order valence-electron chi connectivity index (χ0n) is 14.6. The van der Waals surface area contributed by atoms with Crippen molar-refractivity contribution in [2.75, 3.05) is 18.0 Å². The van der Waals surface area contributed by atoms with E-state index in [1.165, 1.54) is 10.7 Å². The molecule has 1 aromatic carbocycles. The third kappa shape index (κ3) is 3.17. The van der Waals surface area contributed by atoms with Gasteiger partial charge in [0, 0.05) is 24.5 Å². The van der Waals surface area contributed by atoms with E-state index in [1.807, 2.05) is 43.9 Å². The molecule has 0 fully saturated rings. The highest BCUT2D eigenvalue weighted by molar-refractivity contribution is 5.80. The van der Waals surface area contributed by atoms with Crippen molar-refractivity contribution < 1.29 is 0 Å². The first-order valence-electron chi connectivity index (χ1n) is 8.38. The Bertz CT molecular complexity index is 1000. The second kappa shape index (κ2) is 6.88. The molecular weight excluding hydrogens is 318 g/mol. The summed E-state index contributed by atoms with van der Waals surface area (Å²) >= 11 is 0. The van der Waals surface area contributed by atoms with Gasteiger partial charge in [-0.05, 0) is 26.8 Å². The summed E-state index contributed by atoms with van der Waals surface area (Å²) in [6, 6.07) is 8.28. The zero-order valence-corrected chi connectivity index (χ0v) is 14.6. The van der Waals surface area contributed by atoms with Crippen LogP contribution in [0.5, 0.6) is 0 Å². The Hall–Kier alpha value is -2.96. The van der Waals surface area contributed by atoms with Gasteiger partial charge in [0.05, 0.1) is 23.3 Å². The fourth-order valence-corrected chi connectivity index (χ4v) is 2.86. The zero-order chi connectivity index (χ0) is 18.0. The summed E-state index contributed by atoms with van der Waals surface area (Å²) in [7, 11) is 0. The smallest absolute Gasteiger partial charge is 0.275 e. The molecule has 0 aliphatic rings. The number of anilines is 1. The Labute approximate surface area is 144 Å². The molecule has 0 aliphatic carbocycles. The van der Waals surface area contributed by atoms with Crippen molar-refractivity contribution in [3.8, 4) is 0 Å². The van der Waals surface area contributed by atoms with E-state index < -0.39 is 6.04 Å². The first-order chi connectivity index (χ1) is 12.0. The summed E-state index contributed by atoms with van der Waals surface area (Å²) in [5.41, 5.74) is 0.0696. The van der Waals surface area contributed by atoms with Crippen LogP contribution < -0.4 is 16.0 Å². The van der Waals surface area contributed by atoms with Crippen LogP contribution in [0, 0.1) is 0 Å². The van der Waals surface area contributed by atoms with Gasteiger partial charge in [0.25, 0.3) is 11.1 Å². The number of hydrogen-bond donors (Lipinski definition) is 1. The normalized spacial score (nSPS) is 12.3. The third-order valence-electron chi connectivity index (χ3n) is 4.33. The Balaban J connectivity index is 2.10. The topological polar surface area (TPSA) is 83.9 Å². The van der Waals surface area contributed by atoms with E-state index in [-0.39, 0.29) is 11.1 Å². The molecule has 130 valence electrons. The summed E-state index contributed by atoms with van der Waals surface area (Å²) in [4.78, 5) is 34.0. The Kier molecular flexibility index (Phi) is 4.65. The number of rotatable bonds is 5. The minimum absolute atomic E-state index is 0.197. The minimum Gasteiger partial charge on any atom is -0.343 e. The molecule has 3 rings (SSSR count). The van der Waals surface area contributed by atoms with Crippen LogP contribution in [0.1, 0.15) is 32.5 Å². The fourth-order valence-electron chi connectivity index (χ4n) is 2.86. The molecule has 7 heteroatoms. The maximum absolute atomic E-state index is 12.7. The van der Waals surface area contributed by atoms with Crippen LogP contribution in [0.2, 0.25) is 0 Å². The first kappa shape index (κ1) is 16.9. The summed E-state index contributed by atoms with van der Waals surface area (Å²) in [6.07, 6.45) is 1.66. The van der Waals surface area contributed by atoms with Gasteiger partial charge in [-0.3, -0.25) is 14.6 Å². The largest absolute Gasteiger partial charge is 0.343 e. The lowest BCUT2D eigenvalue weighted by atomic mass is 10.2. The average molecular weight is 339 g/mol. The number of hydrogen-bond acceptors (Lipinski definition) is 5. The lowest BCUT2D eigenvalue weighted by Crippen LogP contribution is -2.30. The molecule has 3 aromatic rings. The number of aromatic nitrogens is 4. The van der Waals surface area contributed by atoms with E-state index in [9.17, 15) is 9.59 Å². The van der Waals surface area contributed by atoms with Gasteiger partial charge in [-0.1, -0.05) is 18.2 Å². The Morgan fingerprint density at radius 3 is 2.64 bits per heavy atom. The second-order valence-corrected chi connectivity index (χ2v) is 5.82. The average Bonchev–Trinajstić information content (AvgIpc) is 2.62. The maximum atomic E-state index is 12.7. The van der Waals surface area contributed by atoms with E-state index >= 15 is 0 Å². The van der Waals surface area contributed by atoms with Crippen LogP contribution in [0.25, 0.3) is 10.8 Å². The standard InChI is InChI=1S/C18H21N5O2/c1-4-22(5-2)18-20-15(10-16(24)21-18)12(3)23-17(25)14-9-7-6-8-13(14)11-19-23/h6-12H,4-5H2,1-3H3,(H,20,21,24)/t12-/m0/s1. The van der Waals surface area contributed by atoms with Crippen LogP contribution in [-0.4, -0.2) is 32.8 Å². The van der Waals surface area contributed by atoms with Crippen molar-refractivity contribution in [2.24, 2.45) is 0 Å². The van der Waals surface area contributed by atoms with Crippen molar-refractivity contribution in [3.63, 3.8) is 0 Å². The number of nitrogens with zero attached hydrogens (tertiary/aromatic N) is 4. The van der Waals surface area contributed by atoms with E-state index in [1.54, 1.807) is 12.3 Å². The summed E-state index contributed by atoms with van der Waals surface area (Å²) in [5.74, 6) is 0.508. The van der Waals surface area contributed by atoms with Crippen molar-refractivity contribution in [1.82, 2.24) is 19.7 Å². The van der Waals surface area contributed by atoms with E-state index in [0.717, 1.165) is 18.5 Å². The SMILES string of the molecule is CCN(CC)c1nc([C@H](C)n2ncc3ccccc3c2=O)cc(=O)[nH]1. The Morgan fingerprint density at radius 1 is 1.20 bits per heavy atom. The van der Waals surface area contributed by atoms with Gasteiger partial charge in [0.15, 0.2) is 0 Å². The van der Waals surface area contributed by atoms with Gasteiger partial charge in [0.1, 0.15) is 0 Å². The fraction of sp³-hybridized carbons (Fsp3) is 0.333. The minimum atomic E-state index is -0.450. The molecule has 2 aromatic heterocycles. The molecule has 0 saturated heterocycles. The molecule has 0 amide bonds. The van der Waals surface area contributed by atoms with Gasteiger partial charge in [-0.2, -0.15) is 5.10 Å². The maximum Gasteiger partial charge on any atom is 0.275 e. The van der Waals surface area contributed by atoms with Crippen LogP contribution in [0.15, 0.2) is 46.1 Å². The number of nitrogens with one attached hydrogen (secondary N) is 1. The monoisotopic (exact) mass is 339 g/mol. The quantitative estimate of drug-likeness (QED) is 0.768. The summed E-state index contributed by atoms with van der Waals surface area (Å²) in [5, 5.41) is 5.65. The molecule has 2 heterocycles. The molecule has 1 atom stereocenters. The van der Waals surface area contributed by atoms with Crippen LogP contribution in [-0.2, 0) is 0 Å². The Morgan fingerprint density at radius 2 is 1.92 bits per heavy atom. The highest BCUT2D eigenvalue weighted by atomic mass is 16.1. The summed E-state index contributed by atoms with van der Waals surface area (Å²) < 4.78 is 1.37. The van der Waals surface area contributed by atoms with Gasteiger partial charge < -0.3 is 4.90 Å².